The molecule has 0 saturated heterocycles. The topological polar surface area (TPSA) is 3.24 Å². The zero-order valence-corrected chi connectivity index (χ0v) is 12.1. The van der Waals surface area contributed by atoms with Gasteiger partial charge in [-0.25, -0.2) is 0 Å². The quantitative estimate of drug-likeness (QED) is 0.729. The van der Waals surface area contributed by atoms with E-state index in [-0.39, 0.29) is 0 Å². The molecule has 98 valence electrons. The molecule has 0 fully saturated rings. The minimum atomic E-state index is 0.460. The molecule has 3 rings (SSSR count). The van der Waals surface area contributed by atoms with E-state index in [9.17, 15) is 0 Å². The molecule has 0 amide bonds. The van der Waals surface area contributed by atoms with Gasteiger partial charge in [-0.1, -0.05) is 41.9 Å². The van der Waals surface area contributed by atoms with E-state index in [1.165, 1.54) is 16.8 Å². The molecule has 1 aliphatic rings. The Morgan fingerprint density at radius 1 is 1.05 bits per heavy atom. The van der Waals surface area contributed by atoms with Crippen molar-refractivity contribution in [3.05, 3.63) is 64.2 Å². The number of benzene rings is 2. The van der Waals surface area contributed by atoms with Crippen LogP contribution < -0.4 is 4.90 Å². The van der Waals surface area contributed by atoms with Gasteiger partial charge in [-0.2, -0.15) is 0 Å². The molecule has 0 saturated carbocycles. The molecule has 0 spiro atoms. The summed E-state index contributed by atoms with van der Waals surface area (Å²) in [5.41, 5.74) is 5.03. The Morgan fingerprint density at radius 3 is 2.58 bits per heavy atom. The Morgan fingerprint density at radius 2 is 1.84 bits per heavy atom. The van der Waals surface area contributed by atoms with Gasteiger partial charge in [0.1, 0.15) is 0 Å². The number of hydrogen-bond donors (Lipinski definition) is 0. The van der Waals surface area contributed by atoms with Crippen LogP contribution in [0.15, 0.2) is 42.5 Å². The molecule has 0 atom stereocenters. The van der Waals surface area contributed by atoms with E-state index in [1.54, 1.807) is 0 Å². The van der Waals surface area contributed by atoms with Crippen LogP contribution in [0.25, 0.3) is 0 Å². The second kappa shape index (κ2) is 5.44. The first-order valence-corrected chi connectivity index (χ1v) is 7.35. The van der Waals surface area contributed by atoms with E-state index in [4.69, 9.17) is 23.2 Å². The highest BCUT2D eigenvalue weighted by molar-refractivity contribution is 6.32. The minimum absolute atomic E-state index is 0.460. The lowest BCUT2D eigenvalue weighted by Gasteiger charge is -2.31. The van der Waals surface area contributed by atoms with Crippen molar-refractivity contribution in [1.82, 2.24) is 0 Å². The van der Waals surface area contributed by atoms with E-state index in [0.717, 1.165) is 30.1 Å². The van der Waals surface area contributed by atoms with Crippen LogP contribution in [0.1, 0.15) is 16.7 Å². The molecule has 0 aromatic heterocycles. The van der Waals surface area contributed by atoms with Gasteiger partial charge in [0, 0.05) is 29.7 Å². The van der Waals surface area contributed by atoms with E-state index in [1.807, 2.05) is 12.1 Å². The van der Waals surface area contributed by atoms with Crippen LogP contribution in [0.3, 0.4) is 0 Å². The molecule has 0 unspecified atom stereocenters. The smallest absolute Gasteiger partial charge is 0.0488 e. The Bertz CT molecular complexity index is 595. The van der Waals surface area contributed by atoms with Crippen molar-refractivity contribution in [3.63, 3.8) is 0 Å². The number of halogens is 2. The van der Waals surface area contributed by atoms with E-state index in [0.29, 0.717) is 5.88 Å². The summed E-state index contributed by atoms with van der Waals surface area (Å²) >= 11 is 12.1. The van der Waals surface area contributed by atoms with Crippen LogP contribution in [0.5, 0.6) is 0 Å². The summed E-state index contributed by atoms with van der Waals surface area (Å²) in [7, 11) is 0. The molecule has 19 heavy (non-hydrogen) atoms. The van der Waals surface area contributed by atoms with Gasteiger partial charge in [-0.15, -0.1) is 11.6 Å². The van der Waals surface area contributed by atoms with Gasteiger partial charge in [0.05, 0.1) is 0 Å². The van der Waals surface area contributed by atoms with Crippen LogP contribution in [0.4, 0.5) is 5.69 Å². The van der Waals surface area contributed by atoms with Gasteiger partial charge in [0.2, 0.25) is 0 Å². The Balaban J connectivity index is 1.87. The van der Waals surface area contributed by atoms with Crippen molar-refractivity contribution in [2.75, 3.05) is 11.4 Å². The van der Waals surface area contributed by atoms with Crippen molar-refractivity contribution in [3.8, 4) is 0 Å². The highest BCUT2D eigenvalue weighted by Gasteiger charge is 2.16. The predicted octanol–water partition coefficient (Wildman–Crippen LogP) is 4.64. The van der Waals surface area contributed by atoms with Crippen LogP contribution in [-0.4, -0.2) is 6.54 Å². The minimum Gasteiger partial charge on any atom is -0.367 e. The molecule has 0 N–H and O–H groups in total. The van der Waals surface area contributed by atoms with Gasteiger partial charge in [-0.3, -0.25) is 0 Å². The number of fused-ring (bicyclic) bond motifs is 1. The summed E-state index contributed by atoms with van der Waals surface area (Å²) in [6.45, 7) is 1.99. The first-order valence-electron chi connectivity index (χ1n) is 6.44. The lowest BCUT2D eigenvalue weighted by atomic mass is 9.99. The first-order chi connectivity index (χ1) is 9.28. The Labute approximate surface area is 123 Å². The largest absolute Gasteiger partial charge is 0.367 e. The van der Waals surface area contributed by atoms with Crippen molar-refractivity contribution < 1.29 is 0 Å². The van der Waals surface area contributed by atoms with Crippen LogP contribution >= 0.6 is 23.2 Å². The second-order valence-electron chi connectivity index (χ2n) is 4.85. The second-order valence-corrected chi connectivity index (χ2v) is 5.52. The molecule has 0 bridgehead atoms. The number of rotatable bonds is 2. The monoisotopic (exact) mass is 291 g/mol. The third-order valence-electron chi connectivity index (χ3n) is 3.68. The normalized spacial score (nSPS) is 14.3. The SMILES string of the molecule is ClCc1ccc(N2CCc3ccccc3C2)cc1Cl. The summed E-state index contributed by atoms with van der Waals surface area (Å²) in [5.74, 6) is 0.460. The highest BCUT2D eigenvalue weighted by Crippen LogP contribution is 2.28. The number of hydrogen-bond acceptors (Lipinski definition) is 1. The number of nitrogens with zero attached hydrogens (tertiary/aromatic N) is 1. The fraction of sp³-hybridized carbons (Fsp3) is 0.250. The average molecular weight is 292 g/mol. The van der Waals surface area contributed by atoms with Crippen molar-refractivity contribution in [1.29, 1.82) is 0 Å². The molecule has 1 nitrogen and oxygen atoms in total. The summed E-state index contributed by atoms with van der Waals surface area (Å²) in [6.07, 6.45) is 1.09. The average Bonchev–Trinajstić information content (AvgIpc) is 2.46. The molecule has 1 heterocycles. The fourth-order valence-corrected chi connectivity index (χ4v) is 3.10. The number of anilines is 1. The highest BCUT2D eigenvalue weighted by atomic mass is 35.5. The first kappa shape index (κ1) is 12.8. The Kier molecular flexibility index (Phi) is 3.67. The van der Waals surface area contributed by atoms with Crippen molar-refractivity contribution in [2.45, 2.75) is 18.8 Å². The van der Waals surface area contributed by atoms with Crippen molar-refractivity contribution in [2.24, 2.45) is 0 Å². The summed E-state index contributed by atoms with van der Waals surface area (Å²) in [5, 5.41) is 0.756. The molecule has 1 aliphatic heterocycles. The maximum Gasteiger partial charge on any atom is 0.0488 e. The lowest BCUT2D eigenvalue weighted by Crippen LogP contribution is -2.30. The Hall–Kier alpha value is -1.18. The molecule has 2 aromatic carbocycles. The number of alkyl halides is 1. The van der Waals surface area contributed by atoms with Crippen molar-refractivity contribution >= 4 is 28.9 Å². The van der Waals surface area contributed by atoms with E-state index in [2.05, 4.69) is 35.2 Å². The molecule has 3 heteroatoms. The van der Waals surface area contributed by atoms with Gasteiger partial charge < -0.3 is 4.90 Å². The summed E-state index contributed by atoms with van der Waals surface area (Å²) in [4.78, 5) is 2.37. The van der Waals surface area contributed by atoms with Gasteiger partial charge in [0.25, 0.3) is 0 Å². The zero-order chi connectivity index (χ0) is 13.2. The molecule has 0 aliphatic carbocycles. The van der Waals surface area contributed by atoms with Gasteiger partial charge in [-0.05, 0) is 35.2 Å². The predicted molar refractivity (Wildman–Crippen MR) is 82.2 cm³/mol. The molecule has 0 radical (unpaired) electrons. The van der Waals surface area contributed by atoms with Gasteiger partial charge in [0.15, 0.2) is 0 Å². The van der Waals surface area contributed by atoms with Crippen LogP contribution in [0.2, 0.25) is 5.02 Å². The van der Waals surface area contributed by atoms with E-state index < -0.39 is 0 Å². The summed E-state index contributed by atoms with van der Waals surface area (Å²) < 4.78 is 0. The van der Waals surface area contributed by atoms with Crippen LogP contribution in [0, 0.1) is 0 Å². The maximum atomic E-state index is 6.24. The zero-order valence-electron chi connectivity index (χ0n) is 10.6. The van der Waals surface area contributed by atoms with Gasteiger partial charge >= 0.3 is 0 Å². The lowest BCUT2D eigenvalue weighted by molar-refractivity contribution is 0.731. The third-order valence-corrected chi connectivity index (χ3v) is 4.32. The standard InChI is InChI=1S/C16H15Cl2N/c17-10-13-5-6-15(9-16(13)18)19-8-7-12-3-1-2-4-14(12)11-19/h1-6,9H,7-8,10-11H2. The molecule has 2 aromatic rings. The molecular weight excluding hydrogens is 277 g/mol. The van der Waals surface area contributed by atoms with E-state index >= 15 is 0 Å². The maximum absolute atomic E-state index is 6.24. The fourth-order valence-electron chi connectivity index (χ4n) is 2.56. The van der Waals surface area contributed by atoms with Crippen LogP contribution in [-0.2, 0) is 18.8 Å². The third kappa shape index (κ3) is 2.58. The summed E-state index contributed by atoms with van der Waals surface area (Å²) in [6, 6.07) is 14.8. The molecular formula is C16H15Cl2N.